The molecule has 0 radical (unpaired) electrons. The van der Waals surface area contributed by atoms with E-state index in [4.69, 9.17) is 30.5 Å². The molecule has 8 atom stereocenters. The van der Waals surface area contributed by atoms with Crippen molar-refractivity contribution in [3.63, 3.8) is 0 Å². The zero-order valence-electron chi connectivity index (χ0n) is 24.6. The average Bonchev–Trinajstić information content (AvgIpc) is 3.82. The topological polar surface area (TPSA) is 144 Å². The Bertz CT molecular complexity index is 1660. The first-order chi connectivity index (χ1) is 22.0. The summed E-state index contributed by atoms with van der Waals surface area (Å²) in [6.07, 6.45) is 5.54. The molecule has 0 aromatic carbocycles. The lowest BCUT2D eigenvalue weighted by Crippen LogP contribution is -2.32. The van der Waals surface area contributed by atoms with Crippen molar-refractivity contribution in [2.45, 2.75) is 88.2 Å². The highest BCUT2D eigenvalue weighted by Gasteiger charge is 2.48. The van der Waals surface area contributed by atoms with Crippen molar-refractivity contribution in [3.8, 4) is 0 Å². The molecule has 6 heterocycles. The van der Waals surface area contributed by atoms with Crippen molar-refractivity contribution in [2.75, 3.05) is 13.7 Å². The molecule has 2 fully saturated rings. The molecule has 13 nitrogen and oxygen atoms in total. The normalized spacial score (nSPS) is 28.8. The Morgan fingerprint density at radius 1 is 0.867 bits per heavy atom. The SMILES string of the molecule is CCC1O[C@@H](n2cnc3c(CC/C=C/CCc4ncnc5c4ncn5[C@@H]4O[C@H](CO)[C@@H](OC)[C@H]4F)ncnc32)[C@H](F)[C@@H]1OP=S. The molecule has 2 saturated heterocycles. The van der Waals surface area contributed by atoms with Gasteiger partial charge in [-0.1, -0.05) is 19.1 Å². The predicted octanol–water partition coefficient (Wildman–Crippen LogP) is 3.68. The van der Waals surface area contributed by atoms with Gasteiger partial charge in [0.2, 0.25) is 0 Å². The number of imidazole rings is 2. The smallest absolute Gasteiger partial charge is 0.175 e. The van der Waals surface area contributed by atoms with E-state index in [1.807, 2.05) is 6.92 Å². The summed E-state index contributed by atoms with van der Waals surface area (Å²) in [7, 11) is 1.62. The summed E-state index contributed by atoms with van der Waals surface area (Å²) >= 11 is 4.87. The van der Waals surface area contributed by atoms with Crippen LogP contribution in [0, 0.1) is 0 Å². The molecule has 4 aromatic heterocycles. The highest BCUT2D eigenvalue weighted by molar-refractivity contribution is 7.94. The van der Waals surface area contributed by atoms with Crippen LogP contribution in [-0.4, -0.2) is 94.6 Å². The Balaban J connectivity index is 1.07. The van der Waals surface area contributed by atoms with Gasteiger partial charge < -0.3 is 23.8 Å². The second-order valence-corrected chi connectivity index (χ2v) is 11.6. The largest absolute Gasteiger partial charge is 0.394 e. The number of nitrogens with zero attached hydrogens (tertiary/aromatic N) is 8. The van der Waals surface area contributed by atoms with Crippen LogP contribution in [0.5, 0.6) is 0 Å². The number of alkyl halides is 2. The zero-order chi connectivity index (χ0) is 31.5. The summed E-state index contributed by atoms with van der Waals surface area (Å²) in [5.74, 6) is 0. The maximum absolute atomic E-state index is 15.3. The van der Waals surface area contributed by atoms with Crippen molar-refractivity contribution in [1.29, 1.82) is 0 Å². The predicted molar refractivity (Wildman–Crippen MR) is 161 cm³/mol. The lowest BCUT2D eigenvalue weighted by Gasteiger charge is -2.15. The Morgan fingerprint density at radius 3 is 1.87 bits per heavy atom. The van der Waals surface area contributed by atoms with Gasteiger partial charge >= 0.3 is 0 Å². The molecule has 1 unspecified atom stereocenters. The first kappa shape index (κ1) is 32.0. The highest BCUT2D eigenvalue weighted by Crippen LogP contribution is 2.38. The van der Waals surface area contributed by atoms with Crippen LogP contribution in [0.2, 0.25) is 0 Å². The fraction of sp³-hybridized carbons (Fsp3) is 0.571. The highest BCUT2D eigenvalue weighted by atomic mass is 32.4. The molecule has 1 N–H and O–H groups in total. The minimum atomic E-state index is -1.50. The maximum atomic E-state index is 15.3. The third-order valence-electron chi connectivity index (χ3n) is 8.23. The van der Waals surface area contributed by atoms with Crippen LogP contribution in [-0.2, 0) is 43.4 Å². The lowest BCUT2D eigenvalue weighted by atomic mass is 10.1. The second-order valence-electron chi connectivity index (χ2n) is 10.8. The third kappa shape index (κ3) is 6.12. The van der Waals surface area contributed by atoms with Crippen molar-refractivity contribution in [2.24, 2.45) is 0 Å². The van der Waals surface area contributed by atoms with E-state index in [2.05, 4.69) is 42.1 Å². The van der Waals surface area contributed by atoms with Gasteiger partial charge in [0.15, 0.2) is 36.1 Å². The van der Waals surface area contributed by atoms with E-state index in [0.29, 0.717) is 54.4 Å². The standard InChI is InChI=1S/C28H33F2N8O5PS/c1-3-17-24(43-44-45)20(30)28(41-17)38-14-36-22-16(32-12-34-26(22)38)9-7-5-4-6-8-15-21-25(33-11-31-15)37(13-35-21)27-19(29)23(40-2)18(10-39)42-27/h4-5,11-14,17-20,23-24,27-28,39H,3,6-10H2,1-2H3/b5-4+/t17?,18-,19-,20-,23-,24-,27-,28-/m1/s1. The zero-order valence-corrected chi connectivity index (χ0v) is 26.3. The molecular formula is C28H33F2N8O5PS. The van der Waals surface area contributed by atoms with E-state index in [1.54, 1.807) is 4.57 Å². The van der Waals surface area contributed by atoms with E-state index < -0.39 is 49.2 Å². The van der Waals surface area contributed by atoms with Crippen molar-refractivity contribution >= 4 is 41.7 Å². The molecule has 0 amide bonds. The number of allylic oxidation sites excluding steroid dienone is 2. The molecule has 0 saturated carbocycles. The Kier molecular flexibility index (Phi) is 10.1. The van der Waals surface area contributed by atoms with Gasteiger partial charge in [-0.3, -0.25) is 9.13 Å². The van der Waals surface area contributed by atoms with Gasteiger partial charge in [-0.15, -0.1) is 0 Å². The number of hydrogen-bond acceptors (Lipinski definition) is 12. The van der Waals surface area contributed by atoms with Gasteiger partial charge in [-0.25, -0.2) is 38.7 Å². The Labute approximate surface area is 263 Å². The average molecular weight is 663 g/mol. The maximum Gasteiger partial charge on any atom is 0.175 e. The van der Waals surface area contributed by atoms with E-state index in [-0.39, 0.29) is 14.2 Å². The van der Waals surface area contributed by atoms with Gasteiger partial charge in [0, 0.05) is 7.11 Å². The summed E-state index contributed by atoms with van der Waals surface area (Å²) < 4.78 is 55.8. The number of aliphatic hydroxyl groups excluding tert-OH is 1. The fourth-order valence-corrected chi connectivity index (χ4v) is 6.63. The van der Waals surface area contributed by atoms with E-state index in [1.165, 1.54) is 37.0 Å². The quantitative estimate of drug-likeness (QED) is 0.165. The van der Waals surface area contributed by atoms with Gasteiger partial charge in [0.25, 0.3) is 0 Å². The Morgan fingerprint density at radius 2 is 1.40 bits per heavy atom. The molecule has 4 aromatic rings. The first-order valence-electron chi connectivity index (χ1n) is 14.7. The van der Waals surface area contributed by atoms with Crippen molar-refractivity contribution in [1.82, 2.24) is 39.0 Å². The molecule has 45 heavy (non-hydrogen) atoms. The van der Waals surface area contributed by atoms with E-state index in [0.717, 1.165) is 11.4 Å². The van der Waals surface area contributed by atoms with Crippen LogP contribution in [0.4, 0.5) is 8.78 Å². The number of hydrogen-bond donors (Lipinski definition) is 1. The summed E-state index contributed by atoms with van der Waals surface area (Å²) in [6, 6.07) is 0. The number of aliphatic hydroxyl groups is 1. The molecular weight excluding hydrogens is 629 g/mol. The van der Waals surface area contributed by atoms with Crippen LogP contribution in [0.25, 0.3) is 22.3 Å². The van der Waals surface area contributed by atoms with Gasteiger partial charge in [-0.05, 0) is 43.9 Å². The van der Waals surface area contributed by atoms with Crippen LogP contribution in [0.15, 0.2) is 37.5 Å². The summed E-state index contributed by atoms with van der Waals surface area (Å²) in [4.78, 5) is 26.4. The van der Waals surface area contributed by atoms with Gasteiger partial charge in [-0.2, -0.15) is 0 Å². The summed E-state index contributed by atoms with van der Waals surface area (Å²) in [6.45, 7) is 1.55. The summed E-state index contributed by atoms with van der Waals surface area (Å²) in [5, 5.41) is 9.55. The van der Waals surface area contributed by atoms with Crippen LogP contribution in [0.1, 0.15) is 50.0 Å². The lowest BCUT2D eigenvalue weighted by molar-refractivity contribution is -0.0519. The molecule has 240 valence electrons. The number of aryl methyl sites for hydroxylation is 2. The van der Waals surface area contributed by atoms with Gasteiger partial charge in [0.1, 0.15) is 49.6 Å². The molecule has 0 aliphatic carbocycles. The molecule has 6 rings (SSSR count). The monoisotopic (exact) mass is 662 g/mol. The fourth-order valence-electron chi connectivity index (χ4n) is 5.98. The van der Waals surface area contributed by atoms with Gasteiger partial charge in [0.05, 0.1) is 36.8 Å². The minimum absolute atomic E-state index is 0.235. The summed E-state index contributed by atoms with van der Waals surface area (Å²) in [5.41, 5.74) is 3.60. The Hall–Kier alpha value is -2.98. The number of fused-ring (bicyclic) bond motifs is 2. The van der Waals surface area contributed by atoms with Crippen LogP contribution >= 0.6 is 7.58 Å². The number of rotatable bonds is 13. The molecule has 0 bridgehead atoms. The molecule has 2 aliphatic heterocycles. The minimum Gasteiger partial charge on any atom is -0.394 e. The van der Waals surface area contributed by atoms with Crippen LogP contribution < -0.4 is 0 Å². The third-order valence-corrected chi connectivity index (χ3v) is 8.82. The molecule has 17 heteroatoms. The van der Waals surface area contributed by atoms with E-state index >= 15 is 8.78 Å². The number of methoxy groups -OCH3 is 1. The molecule has 0 spiro atoms. The van der Waals surface area contributed by atoms with Crippen molar-refractivity contribution in [3.05, 3.63) is 48.8 Å². The van der Waals surface area contributed by atoms with Crippen LogP contribution in [0.3, 0.4) is 0 Å². The number of ether oxygens (including phenoxy) is 3. The van der Waals surface area contributed by atoms with Crippen molar-refractivity contribution < 1.29 is 32.6 Å². The number of aromatic nitrogens is 8. The number of halogens is 2. The molecule has 2 aliphatic rings. The second kappa shape index (κ2) is 14.2. The van der Waals surface area contributed by atoms with E-state index in [9.17, 15) is 5.11 Å². The first-order valence-corrected chi connectivity index (χ1v) is 16.5.